The number of nitrogens with one attached hydrogen (secondary N) is 1. The molecule has 2 atom stereocenters. The van der Waals surface area contributed by atoms with Crippen molar-refractivity contribution in [3.63, 3.8) is 0 Å². The molecular formula is C16H33IN4O. The van der Waals surface area contributed by atoms with Crippen molar-refractivity contribution in [3.05, 3.63) is 0 Å². The summed E-state index contributed by atoms with van der Waals surface area (Å²) in [5.74, 6) is 2.41. The van der Waals surface area contributed by atoms with Crippen LogP contribution in [-0.2, 0) is 4.74 Å². The maximum absolute atomic E-state index is 5.47. The highest BCUT2D eigenvalue weighted by atomic mass is 127. The van der Waals surface area contributed by atoms with E-state index in [4.69, 9.17) is 9.73 Å². The second-order valence-corrected chi connectivity index (χ2v) is 6.58. The predicted octanol–water partition coefficient (Wildman–Crippen LogP) is 1.88. The molecule has 130 valence electrons. The lowest BCUT2D eigenvalue weighted by atomic mass is 9.99. The zero-order valence-electron chi connectivity index (χ0n) is 14.4. The van der Waals surface area contributed by atoms with Gasteiger partial charge in [0.25, 0.3) is 0 Å². The Morgan fingerprint density at radius 1 is 1.36 bits per heavy atom. The second kappa shape index (κ2) is 10.6. The van der Waals surface area contributed by atoms with Crippen molar-refractivity contribution < 1.29 is 4.74 Å². The molecule has 1 N–H and O–H groups in total. The van der Waals surface area contributed by atoms with Gasteiger partial charge < -0.3 is 19.9 Å². The lowest BCUT2D eigenvalue weighted by Gasteiger charge is -2.29. The molecule has 2 saturated heterocycles. The molecule has 2 rings (SSSR count). The van der Waals surface area contributed by atoms with Crippen LogP contribution in [0.15, 0.2) is 4.99 Å². The largest absolute Gasteiger partial charge is 0.381 e. The van der Waals surface area contributed by atoms with Crippen molar-refractivity contribution in [3.8, 4) is 0 Å². The molecule has 0 aromatic carbocycles. The fourth-order valence-electron chi connectivity index (χ4n) is 3.31. The average molecular weight is 424 g/mol. The van der Waals surface area contributed by atoms with Gasteiger partial charge in [-0.1, -0.05) is 0 Å². The Morgan fingerprint density at radius 3 is 2.82 bits per heavy atom. The molecule has 0 spiro atoms. The number of aliphatic imine (C=N–C) groups is 1. The van der Waals surface area contributed by atoms with E-state index in [1.165, 1.54) is 32.4 Å². The maximum atomic E-state index is 5.47. The molecule has 2 aliphatic heterocycles. The first-order valence-corrected chi connectivity index (χ1v) is 8.44. The third-order valence-corrected chi connectivity index (χ3v) is 4.47. The monoisotopic (exact) mass is 424 g/mol. The van der Waals surface area contributed by atoms with Gasteiger partial charge in [0, 0.05) is 45.8 Å². The summed E-state index contributed by atoms with van der Waals surface area (Å²) < 4.78 is 5.47. The van der Waals surface area contributed by atoms with Gasteiger partial charge in [0.2, 0.25) is 0 Å². The SMILES string of the molecule is CCNC(=NCC1CCCN(C)C1)N(C)CC1CCOC1.I. The highest BCUT2D eigenvalue weighted by molar-refractivity contribution is 14.0. The van der Waals surface area contributed by atoms with Gasteiger partial charge in [0.15, 0.2) is 5.96 Å². The van der Waals surface area contributed by atoms with Gasteiger partial charge in [-0.3, -0.25) is 4.99 Å². The molecule has 2 heterocycles. The molecule has 0 aliphatic carbocycles. The molecule has 0 bridgehead atoms. The molecule has 0 radical (unpaired) electrons. The van der Waals surface area contributed by atoms with Gasteiger partial charge in [-0.05, 0) is 45.7 Å². The Kier molecular flexibility index (Phi) is 9.66. The van der Waals surface area contributed by atoms with Crippen LogP contribution < -0.4 is 5.32 Å². The lowest BCUT2D eigenvalue weighted by Crippen LogP contribution is -2.42. The summed E-state index contributed by atoms with van der Waals surface area (Å²) >= 11 is 0. The standard InChI is InChI=1S/C16H32N4O.HI/c1-4-17-16(20(3)12-15-7-9-21-13-15)18-10-14-6-5-8-19(2)11-14;/h14-15H,4-13H2,1-3H3,(H,17,18);1H. The summed E-state index contributed by atoms with van der Waals surface area (Å²) in [6.45, 7) is 9.28. The van der Waals surface area contributed by atoms with E-state index in [2.05, 4.69) is 36.1 Å². The number of guanidine groups is 1. The molecule has 0 aromatic rings. The van der Waals surface area contributed by atoms with Crippen LogP contribution in [0, 0.1) is 11.8 Å². The number of nitrogens with zero attached hydrogens (tertiary/aromatic N) is 3. The van der Waals surface area contributed by atoms with Crippen LogP contribution in [-0.4, -0.2) is 75.8 Å². The van der Waals surface area contributed by atoms with E-state index in [0.717, 1.165) is 38.8 Å². The van der Waals surface area contributed by atoms with Crippen LogP contribution in [0.3, 0.4) is 0 Å². The number of likely N-dealkylation sites (tertiary alicyclic amines) is 1. The van der Waals surface area contributed by atoms with Crippen molar-refractivity contribution in [2.24, 2.45) is 16.8 Å². The fourth-order valence-corrected chi connectivity index (χ4v) is 3.31. The number of hydrogen-bond acceptors (Lipinski definition) is 3. The molecule has 2 fully saturated rings. The van der Waals surface area contributed by atoms with Gasteiger partial charge in [-0.25, -0.2) is 0 Å². The van der Waals surface area contributed by atoms with Gasteiger partial charge in [0.05, 0.1) is 6.61 Å². The lowest BCUT2D eigenvalue weighted by molar-refractivity contribution is 0.181. The minimum absolute atomic E-state index is 0. The third-order valence-electron chi connectivity index (χ3n) is 4.47. The Morgan fingerprint density at radius 2 is 2.18 bits per heavy atom. The summed E-state index contributed by atoms with van der Waals surface area (Å²) in [6, 6.07) is 0. The van der Waals surface area contributed by atoms with E-state index in [1.807, 2.05) is 0 Å². The van der Waals surface area contributed by atoms with Crippen LogP contribution in [0.5, 0.6) is 0 Å². The van der Waals surface area contributed by atoms with Gasteiger partial charge in [-0.2, -0.15) is 0 Å². The zero-order valence-corrected chi connectivity index (χ0v) is 16.7. The highest BCUT2D eigenvalue weighted by Gasteiger charge is 2.20. The van der Waals surface area contributed by atoms with Crippen LogP contribution in [0.25, 0.3) is 0 Å². The van der Waals surface area contributed by atoms with Gasteiger partial charge >= 0.3 is 0 Å². The van der Waals surface area contributed by atoms with Crippen LogP contribution >= 0.6 is 24.0 Å². The Labute approximate surface area is 152 Å². The predicted molar refractivity (Wildman–Crippen MR) is 103 cm³/mol. The Balaban J connectivity index is 0.00000242. The smallest absolute Gasteiger partial charge is 0.193 e. The van der Waals surface area contributed by atoms with Crippen molar-refractivity contribution in [1.82, 2.24) is 15.1 Å². The Hall–Kier alpha value is -0.0800. The summed E-state index contributed by atoms with van der Waals surface area (Å²) in [6.07, 6.45) is 3.80. The molecule has 0 saturated carbocycles. The summed E-state index contributed by atoms with van der Waals surface area (Å²) in [4.78, 5) is 9.58. The first-order chi connectivity index (χ1) is 10.2. The quantitative estimate of drug-likeness (QED) is 0.416. The molecule has 6 heteroatoms. The molecule has 0 amide bonds. The van der Waals surface area contributed by atoms with E-state index in [9.17, 15) is 0 Å². The molecule has 22 heavy (non-hydrogen) atoms. The first kappa shape index (κ1) is 20.0. The van der Waals surface area contributed by atoms with Crippen LogP contribution in [0.1, 0.15) is 26.2 Å². The summed E-state index contributed by atoms with van der Waals surface area (Å²) in [5.41, 5.74) is 0. The number of rotatable bonds is 5. The number of hydrogen-bond donors (Lipinski definition) is 1. The summed E-state index contributed by atoms with van der Waals surface area (Å²) in [7, 11) is 4.36. The minimum Gasteiger partial charge on any atom is -0.381 e. The molecule has 2 aliphatic rings. The van der Waals surface area contributed by atoms with Crippen molar-refractivity contribution in [2.75, 3.05) is 60.0 Å². The fraction of sp³-hybridized carbons (Fsp3) is 0.938. The van der Waals surface area contributed by atoms with E-state index in [1.54, 1.807) is 0 Å². The maximum Gasteiger partial charge on any atom is 0.193 e. The topological polar surface area (TPSA) is 40.1 Å². The average Bonchev–Trinajstić information content (AvgIpc) is 2.96. The molecule has 2 unspecified atom stereocenters. The number of halogens is 1. The molecular weight excluding hydrogens is 391 g/mol. The van der Waals surface area contributed by atoms with Crippen LogP contribution in [0.4, 0.5) is 0 Å². The number of ether oxygens (including phenoxy) is 1. The normalized spacial score (nSPS) is 26.6. The molecule has 5 nitrogen and oxygen atoms in total. The molecule has 0 aromatic heterocycles. The van der Waals surface area contributed by atoms with Crippen molar-refractivity contribution in [1.29, 1.82) is 0 Å². The van der Waals surface area contributed by atoms with E-state index >= 15 is 0 Å². The first-order valence-electron chi connectivity index (χ1n) is 8.44. The zero-order chi connectivity index (χ0) is 15.1. The Bertz CT molecular complexity index is 334. The van der Waals surface area contributed by atoms with E-state index in [-0.39, 0.29) is 24.0 Å². The summed E-state index contributed by atoms with van der Waals surface area (Å²) in [5, 5.41) is 3.43. The van der Waals surface area contributed by atoms with E-state index in [0.29, 0.717) is 11.8 Å². The minimum atomic E-state index is 0. The van der Waals surface area contributed by atoms with Crippen molar-refractivity contribution in [2.45, 2.75) is 26.2 Å². The third kappa shape index (κ3) is 6.58. The van der Waals surface area contributed by atoms with E-state index < -0.39 is 0 Å². The second-order valence-electron chi connectivity index (χ2n) is 6.58. The van der Waals surface area contributed by atoms with Crippen molar-refractivity contribution >= 4 is 29.9 Å². The van der Waals surface area contributed by atoms with Gasteiger partial charge in [0.1, 0.15) is 0 Å². The highest BCUT2D eigenvalue weighted by Crippen LogP contribution is 2.16. The van der Waals surface area contributed by atoms with Gasteiger partial charge in [-0.15, -0.1) is 24.0 Å². The van der Waals surface area contributed by atoms with Crippen LogP contribution in [0.2, 0.25) is 0 Å². The number of piperidine rings is 1.